The second-order valence-corrected chi connectivity index (χ2v) is 4.89. The third-order valence-corrected chi connectivity index (χ3v) is 3.36. The van der Waals surface area contributed by atoms with Gasteiger partial charge in [-0.25, -0.2) is 4.98 Å². The highest BCUT2D eigenvalue weighted by molar-refractivity contribution is 6.30. The summed E-state index contributed by atoms with van der Waals surface area (Å²) >= 11 is 5.78. The first-order valence-corrected chi connectivity index (χ1v) is 5.68. The molecule has 2 N–H and O–H groups in total. The lowest BCUT2D eigenvalue weighted by Gasteiger charge is -2.11. The van der Waals surface area contributed by atoms with Crippen LogP contribution in [0, 0.1) is 0 Å². The monoisotopic (exact) mass is 264 g/mol. The first-order chi connectivity index (χ1) is 7.80. The molecule has 1 heterocycles. The molecule has 6 heteroatoms. The first-order valence-electron chi connectivity index (χ1n) is 5.31. The molecule has 1 aromatic heterocycles. The highest BCUT2D eigenvalue weighted by Crippen LogP contribution is 2.37. The number of nitrogens with zero attached hydrogens (tertiary/aromatic N) is 1. The topological polar surface area (TPSA) is 38.9 Å². The molecule has 1 saturated carbocycles. The quantitative estimate of drug-likeness (QED) is 0.852. The molecule has 0 atom stereocenters. The molecule has 0 radical (unpaired) electrons. The largest absolute Gasteiger partial charge is 0.417 e. The summed E-state index contributed by atoms with van der Waals surface area (Å²) < 4.78 is 37.4. The molecule has 0 aromatic carbocycles. The van der Waals surface area contributed by atoms with Crippen molar-refractivity contribution >= 4 is 11.6 Å². The zero-order valence-electron chi connectivity index (χ0n) is 9.02. The molecule has 0 saturated heterocycles. The van der Waals surface area contributed by atoms with Gasteiger partial charge in [0.2, 0.25) is 0 Å². The van der Waals surface area contributed by atoms with E-state index in [2.05, 4.69) is 4.98 Å². The minimum absolute atomic E-state index is 0.127. The Labute approximate surface area is 102 Å². The van der Waals surface area contributed by atoms with Gasteiger partial charge < -0.3 is 5.73 Å². The molecular formula is C11H12ClF3N2. The van der Waals surface area contributed by atoms with Gasteiger partial charge in [0.25, 0.3) is 0 Å². The Morgan fingerprint density at radius 3 is 2.59 bits per heavy atom. The molecule has 0 aliphatic heterocycles. The number of halogens is 4. The zero-order chi connectivity index (χ0) is 12.7. The molecule has 1 fully saturated rings. The Hall–Kier alpha value is -0.810. The number of aromatic nitrogens is 1. The second-order valence-electron chi connectivity index (χ2n) is 4.53. The fourth-order valence-corrected chi connectivity index (χ4v) is 1.82. The maximum atomic E-state index is 12.5. The van der Waals surface area contributed by atoms with Crippen LogP contribution in [-0.4, -0.2) is 10.5 Å². The van der Waals surface area contributed by atoms with Crippen molar-refractivity contribution in [3.8, 4) is 0 Å². The number of aryl methyl sites for hydroxylation is 1. The molecule has 1 aliphatic carbocycles. The molecule has 0 unspecified atom stereocenters. The smallest absolute Gasteiger partial charge is 0.325 e. The van der Waals surface area contributed by atoms with Crippen LogP contribution in [0.3, 0.4) is 0 Å². The number of hydrogen-bond acceptors (Lipinski definition) is 2. The summed E-state index contributed by atoms with van der Waals surface area (Å²) in [5, 5.41) is 0.127. The molecule has 0 bridgehead atoms. The molecule has 0 spiro atoms. The van der Waals surface area contributed by atoms with E-state index in [1.807, 2.05) is 0 Å². The van der Waals surface area contributed by atoms with E-state index in [0.29, 0.717) is 18.4 Å². The van der Waals surface area contributed by atoms with Crippen LogP contribution in [0.4, 0.5) is 13.2 Å². The van der Waals surface area contributed by atoms with Crippen LogP contribution < -0.4 is 5.73 Å². The van der Waals surface area contributed by atoms with Gasteiger partial charge in [-0.1, -0.05) is 11.6 Å². The van der Waals surface area contributed by atoms with Gasteiger partial charge in [0.15, 0.2) is 0 Å². The highest BCUT2D eigenvalue weighted by atomic mass is 35.5. The van der Waals surface area contributed by atoms with E-state index in [1.54, 1.807) is 0 Å². The molecular weight excluding hydrogens is 253 g/mol. The molecule has 2 rings (SSSR count). The Morgan fingerprint density at radius 1 is 1.41 bits per heavy atom. The number of nitrogens with two attached hydrogens (primary N) is 1. The van der Waals surface area contributed by atoms with E-state index in [0.717, 1.165) is 25.1 Å². The van der Waals surface area contributed by atoms with E-state index >= 15 is 0 Å². The van der Waals surface area contributed by atoms with Gasteiger partial charge in [-0.15, -0.1) is 0 Å². The van der Waals surface area contributed by atoms with Crippen molar-refractivity contribution in [1.29, 1.82) is 0 Å². The lowest BCUT2D eigenvalue weighted by Crippen LogP contribution is -2.22. The molecule has 0 amide bonds. The third kappa shape index (κ3) is 3.10. The van der Waals surface area contributed by atoms with Crippen molar-refractivity contribution in [2.75, 3.05) is 0 Å². The average molecular weight is 265 g/mol. The van der Waals surface area contributed by atoms with Crippen molar-refractivity contribution < 1.29 is 13.2 Å². The minimum Gasteiger partial charge on any atom is -0.325 e. The summed E-state index contributed by atoms with van der Waals surface area (Å²) in [7, 11) is 0. The Kier molecular flexibility index (Phi) is 3.08. The van der Waals surface area contributed by atoms with Crippen molar-refractivity contribution in [3.05, 3.63) is 28.5 Å². The zero-order valence-corrected chi connectivity index (χ0v) is 9.78. The predicted molar refractivity (Wildman–Crippen MR) is 58.7 cm³/mol. The molecule has 2 nitrogen and oxygen atoms in total. The van der Waals surface area contributed by atoms with E-state index in [1.165, 1.54) is 0 Å². The number of pyridine rings is 1. The van der Waals surface area contributed by atoms with Gasteiger partial charge in [-0.3, -0.25) is 0 Å². The van der Waals surface area contributed by atoms with Crippen LogP contribution in [0.1, 0.15) is 30.4 Å². The van der Waals surface area contributed by atoms with Crippen molar-refractivity contribution in [3.63, 3.8) is 0 Å². The molecule has 94 valence electrons. The van der Waals surface area contributed by atoms with Crippen LogP contribution in [0.15, 0.2) is 12.3 Å². The lowest BCUT2D eigenvalue weighted by molar-refractivity contribution is -0.137. The van der Waals surface area contributed by atoms with Gasteiger partial charge in [0.1, 0.15) is 5.15 Å². The van der Waals surface area contributed by atoms with Gasteiger partial charge in [-0.2, -0.15) is 13.2 Å². The summed E-state index contributed by atoms with van der Waals surface area (Å²) in [6, 6.07) is 1.06. The van der Waals surface area contributed by atoms with Crippen molar-refractivity contribution in [1.82, 2.24) is 4.98 Å². The first kappa shape index (κ1) is 12.6. The molecule has 17 heavy (non-hydrogen) atoms. The van der Waals surface area contributed by atoms with Gasteiger partial charge in [-0.05, 0) is 37.3 Å². The van der Waals surface area contributed by atoms with Gasteiger partial charge in [0, 0.05) is 11.7 Å². The molecule has 1 aliphatic rings. The number of hydrogen-bond donors (Lipinski definition) is 1. The minimum atomic E-state index is -4.38. The maximum absolute atomic E-state index is 12.5. The third-order valence-electron chi connectivity index (χ3n) is 3.02. The van der Waals surface area contributed by atoms with E-state index < -0.39 is 11.7 Å². The van der Waals surface area contributed by atoms with Gasteiger partial charge in [0.05, 0.1) is 5.56 Å². The van der Waals surface area contributed by atoms with Crippen LogP contribution in [0.5, 0.6) is 0 Å². The van der Waals surface area contributed by atoms with Crippen LogP contribution in [0.2, 0.25) is 5.15 Å². The summed E-state index contributed by atoms with van der Waals surface area (Å²) in [6.07, 6.45) is -0.691. The Morgan fingerprint density at radius 2 is 2.06 bits per heavy atom. The fraction of sp³-hybridized carbons (Fsp3) is 0.545. The van der Waals surface area contributed by atoms with Gasteiger partial charge >= 0.3 is 6.18 Å². The Balaban J connectivity index is 2.14. The fourth-order valence-electron chi connectivity index (χ4n) is 1.62. The van der Waals surface area contributed by atoms with Crippen molar-refractivity contribution in [2.24, 2.45) is 5.73 Å². The van der Waals surface area contributed by atoms with Crippen LogP contribution >= 0.6 is 11.6 Å². The lowest BCUT2D eigenvalue weighted by atomic mass is 10.0. The summed E-state index contributed by atoms with van der Waals surface area (Å²) in [6.45, 7) is 0. The SMILES string of the molecule is NC1(CCc2cc(C(F)(F)F)cnc2Cl)CC1. The summed E-state index contributed by atoms with van der Waals surface area (Å²) in [5.74, 6) is 0. The average Bonchev–Trinajstić information content (AvgIpc) is 2.94. The normalized spacial score (nSPS) is 18.2. The maximum Gasteiger partial charge on any atom is 0.417 e. The summed E-state index contributed by atoms with van der Waals surface area (Å²) in [5.41, 5.74) is 5.34. The molecule has 1 aromatic rings. The summed E-state index contributed by atoms with van der Waals surface area (Å²) in [4.78, 5) is 3.57. The highest BCUT2D eigenvalue weighted by Gasteiger charge is 2.38. The number of rotatable bonds is 3. The van der Waals surface area contributed by atoms with Crippen LogP contribution in [0.25, 0.3) is 0 Å². The van der Waals surface area contributed by atoms with Crippen LogP contribution in [-0.2, 0) is 12.6 Å². The van der Waals surface area contributed by atoms with E-state index in [-0.39, 0.29) is 10.7 Å². The standard InChI is InChI=1S/C11H12ClF3N2/c12-9-7(1-2-10(16)3-4-10)5-8(6-17-9)11(13,14)15/h5-6H,1-4,16H2. The van der Waals surface area contributed by atoms with E-state index in [4.69, 9.17) is 17.3 Å². The van der Waals surface area contributed by atoms with Crippen molar-refractivity contribution in [2.45, 2.75) is 37.4 Å². The van der Waals surface area contributed by atoms with E-state index in [9.17, 15) is 13.2 Å². The predicted octanol–water partition coefficient (Wildman–Crippen LogP) is 3.18. The Bertz CT molecular complexity index is 427. The second kappa shape index (κ2) is 4.14. The number of alkyl halides is 3.